The minimum atomic E-state index is -3.33. The molecule has 1 aliphatic rings. The van der Waals surface area contributed by atoms with Gasteiger partial charge in [-0.1, -0.05) is 6.92 Å². The Morgan fingerprint density at radius 3 is 2.35 bits per heavy atom. The number of carbonyl (C=O) groups excluding carboxylic acids is 3. The number of esters is 1. The number of morpholine rings is 1. The van der Waals surface area contributed by atoms with Gasteiger partial charge in [0.2, 0.25) is 6.10 Å². The molecule has 1 heterocycles. The van der Waals surface area contributed by atoms with Crippen molar-refractivity contribution in [2.45, 2.75) is 57.8 Å². The van der Waals surface area contributed by atoms with Crippen molar-refractivity contribution >= 4 is 18.0 Å². The van der Waals surface area contributed by atoms with Crippen molar-refractivity contribution in [1.82, 2.24) is 4.90 Å². The van der Waals surface area contributed by atoms with Crippen LogP contribution in [0.3, 0.4) is 0 Å². The van der Waals surface area contributed by atoms with Crippen molar-refractivity contribution in [3.63, 3.8) is 0 Å². The summed E-state index contributed by atoms with van der Waals surface area (Å²) < 4.78 is 42.1. The molecule has 0 saturated carbocycles. The lowest BCUT2D eigenvalue weighted by Gasteiger charge is -2.38. The Morgan fingerprint density at radius 2 is 1.91 bits per heavy atom. The molecule has 2 amide bonds. The second kappa shape index (κ2) is 6.77. The third kappa shape index (κ3) is 4.60. The van der Waals surface area contributed by atoms with Gasteiger partial charge < -0.3 is 14.2 Å². The fourth-order valence-corrected chi connectivity index (χ4v) is 1.87. The van der Waals surface area contributed by atoms with E-state index in [2.05, 4.69) is 4.74 Å². The van der Waals surface area contributed by atoms with E-state index in [1.165, 1.54) is 6.92 Å². The molecule has 1 rings (SSSR count). The molecule has 0 bridgehead atoms. The molecule has 0 spiro atoms. The number of carbonyl (C=O) groups is 3. The fourth-order valence-electron chi connectivity index (χ4n) is 1.87. The predicted molar refractivity (Wildman–Crippen MR) is 73.9 cm³/mol. The van der Waals surface area contributed by atoms with Gasteiger partial charge in [-0.3, -0.25) is 4.79 Å². The SMILES string of the molecule is CCC(F)(F)C1CN(C(=O)OC(C)(C)C)C(=O)C(C(=O)OC)O1. The van der Waals surface area contributed by atoms with E-state index in [-0.39, 0.29) is 0 Å². The van der Waals surface area contributed by atoms with Crippen LogP contribution in [0.1, 0.15) is 34.1 Å². The first-order valence-electron chi connectivity index (χ1n) is 7.08. The van der Waals surface area contributed by atoms with E-state index in [4.69, 9.17) is 9.47 Å². The van der Waals surface area contributed by atoms with Crippen LogP contribution in [-0.4, -0.2) is 60.3 Å². The molecule has 1 aliphatic heterocycles. The average molecular weight is 337 g/mol. The lowest BCUT2D eigenvalue weighted by atomic mass is 10.1. The summed E-state index contributed by atoms with van der Waals surface area (Å²) in [5.74, 6) is -5.57. The summed E-state index contributed by atoms with van der Waals surface area (Å²) in [6, 6.07) is 0. The highest BCUT2D eigenvalue weighted by Gasteiger charge is 2.51. The minimum Gasteiger partial charge on any atom is -0.467 e. The molecular weight excluding hydrogens is 316 g/mol. The van der Waals surface area contributed by atoms with Gasteiger partial charge >= 0.3 is 12.1 Å². The van der Waals surface area contributed by atoms with Crippen molar-refractivity contribution in [3.05, 3.63) is 0 Å². The Balaban J connectivity index is 3.10. The van der Waals surface area contributed by atoms with Crippen molar-refractivity contribution in [1.29, 1.82) is 0 Å². The van der Waals surface area contributed by atoms with E-state index in [0.717, 1.165) is 7.11 Å². The van der Waals surface area contributed by atoms with Crippen LogP contribution < -0.4 is 0 Å². The van der Waals surface area contributed by atoms with Gasteiger partial charge in [0, 0.05) is 6.42 Å². The number of ether oxygens (including phenoxy) is 3. The van der Waals surface area contributed by atoms with E-state index in [1.54, 1.807) is 20.8 Å². The summed E-state index contributed by atoms with van der Waals surface area (Å²) in [4.78, 5) is 36.3. The smallest absolute Gasteiger partial charge is 0.417 e. The van der Waals surface area contributed by atoms with E-state index >= 15 is 0 Å². The van der Waals surface area contributed by atoms with Crippen LogP contribution in [0.5, 0.6) is 0 Å². The maximum absolute atomic E-state index is 13.9. The third-order valence-electron chi connectivity index (χ3n) is 3.11. The number of methoxy groups -OCH3 is 1. The molecule has 0 aromatic heterocycles. The van der Waals surface area contributed by atoms with Crippen LogP contribution in [0.25, 0.3) is 0 Å². The molecule has 0 radical (unpaired) electrons. The molecule has 2 atom stereocenters. The molecule has 7 nitrogen and oxygen atoms in total. The maximum Gasteiger partial charge on any atom is 0.417 e. The summed E-state index contributed by atoms with van der Waals surface area (Å²) in [5.41, 5.74) is -0.931. The van der Waals surface area contributed by atoms with Gasteiger partial charge in [-0.25, -0.2) is 23.3 Å². The molecule has 132 valence electrons. The van der Waals surface area contributed by atoms with E-state index in [9.17, 15) is 23.2 Å². The number of imide groups is 1. The zero-order valence-electron chi connectivity index (χ0n) is 13.7. The molecule has 1 fully saturated rings. The topological polar surface area (TPSA) is 82.1 Å². The second-order valence-electron chi connectivity index (χ2n) is 6.07. The van der Waals surface area contributed by atoms with E-state index in [0.29, 0.717) is 4.90 Å². The summed E-state index contributed by atoms with van der Waals surface area (Å²) in [5, 5.41) is 0. The van der Waals surface area contributed by atoms with Gasteiger partial charge in [0.1, 0.15) is 11.7 Å². The lowest BCUT2D eigenvalue weighted by Crippen LogP contribution is -2.61. The van der Waals surface area contributed by atoms with E-state index in [1.807, 2.05) is 0 Å². The number of alkyl halides is 2. The van der Waals surface area contributed by atoms with Gasteiger partial charge in [-0.05, 0) is 20.8 Å². The Hall–Kier alpha value is -1.77. The van der Waals surface area contributed by atoms with Crippen LogP contribution in [0.15, 0.2) is 0 Å². The van der Waals surface area contributed by atoms with Crippen LogP contribution in [0.4, 0.5) is 13.6 Å². The predicted octanol–water partition coefficient (Wildman–Crippen LogP) is 1.74. The first-order chi connectivity index (χ1) is 10.4. The lowest BCUT2D eigenvalue weighted by molar-refractivity contribution is -0.206. The van der Waals surface area contributed by atoms with Crippen LogP contribution in [0, 0.1) is 0 Å². The zero-order chi connectivity index (χ0) is 18.0. The number of hydrogen-bond acceptors (Lipinski definition) is 6. The highest BCUT2D eigenvalue weighted by Crippen LogP contribution is 2.30. The highest BCUT2D eigenvalue weighted by atomic mass is 19.3. The highest BCUT2D eigenvalue weighted by molar-refractivity contribution is 6.06. The second-order valence-corrected chi connectivity index (χ2v) is 6.07. The molecule has 23 heavy (non-hydrogen) atoms. The molecule has 0 N–H and O–H groups in total. The van der Waals surface area contributed by atoms with Crippen LogP contribution in [0.2, 0.25) is 0 Å². The molecular formula is C14H21F2NO6. The summed E-state index contributed by atoms with van der Waals surface area (Å²) in [7, 11) is 0.984. The van der Waals surface area contributed by atoms with Crippen molar-refractivity contribution in [2.75, 3.05) is 13.7 Å². The van der Waals surface area contributed by atoms with Crippen LogP contribution >= 0.6 is 0 Å². The Labute approximate surface area is 132 Å². The first-order valence-corrected chi connectivity index (χ1v) is 7.08. The minimum absolute atomic E-state index is 0.463. The van der Waals surface area contributed by atoms with Gasteiger partial charge in [-0.15, -0.1) is 0 Å². The zero-order valence-corrected chi connectivity index (χ0v) is 13.7. The summed E-state index contributed by atoms with van der Waals surface area (Å²) in [6.45, 7) is 5.20. The molecule has 1 saturated heterocycles. The van der Waals surface area contributed by atoms with Crippen molar-refractivity contribution in [2.24, 2.45) is 0 Å². The summed E-state index contributed by atoms with van der Waals surface area (Å²) >= 11 is 0. The Kier molecular flexibility index (Phi) is 5.68. The monoisotopic (exact) mass is 337 g/mol. The summed E-state index contributed by atoms with van der Waals surface area (Å²) in [6.07, 6.45) is -5.44. The molecule has 9 heteroatoms. The fraction of sp³-hybridized carbons (Fsp3) is 0.786. The molecule has 0 aromatic carbocycles. The molecule has 0 aromatic rings. The number of rotatable bonds is 3. The number of amides is 2. The van der Waals surface area contributed by atoms with Gasteiger partial charge in [-0.2, -0.15) is 0 Å². The molecule has 2 unspecified atom stereocenters. The number of nitrogens with zero attached hydrogens (tertiary/aromatic N) is 1. The van der Waals surface area contributed by atoms with Gasteiger partial charge in [0.05, 0.1) is 13.7 Å². The maximum atomic E-state index is 13.9. The van der Waals surface area contributed by atoms with Crippen molar-refractivity contribution < 1.29 is 37.4 Å². The van der Waals surface area contributed by atoms with Crippen LogP contribution in [-0.2, 0) is 23.8 Å². The number of hydrogen-bond donors (Lipinski definition) is 0. The Bertz CT molecular complexity index is 488. The number of halogens is 2. The standard InChI is InChI=1S/C14H21F2NO6/c1-6-14(15,16)8-7-17(12(20)23-13(2,3)4)10(18)9(22-8)11(19)21-5/h8-9H,6-7H2,1-5H3. The first kappa shape index (κ1) is 19.3. The molecule has 0 aliphatic carbocycles. The largest absolute Gasteiger partial charge is 0.467 e. The normalized spacial score (nSPS) is 22.7. The van der Waals surface area contributed by atoms with Crippen molar-refractivity contribution in [3.8, 4) is 0 Å². The quantitative estimate of drug-likeness (QED) is 0.576. The van der Waals surface area contributed by atoms with Gasteiger partial charge in [0.25, 0.3) is 11.8 Å². The average Bonchev–Trinajstić information content (AvgIpc) is 2.44. The Morgan fingerprint density at radius 1 is 1.35 bits per heavy atom. The third-order valence-corrected chi connectivity index (χ3v) is 3.11. The van der Waals surface area contributed by atoms with Gasteiger partial charge in [0.15, 0.2) is 0 Å². The van der Waals surface area contributed by atoms with E-state index < -0.39 is 54.7 Å².